The van der Waals surface area contributed by atoms with Crippen molar-refractivity contribution in [3.05, 3.63) is 81.8 Å². The predicted molar refractivity (Wildman–Crippen MR) is 125 cm³/mol. The van der Waals surface area contributed by atoms with Crippen LogP contribution in [0, 0.1) is 6.92 Å². The summed E-state index contributed by atoms with van der Waals surface area (Å²) in [6, 6.07) is 16.7. The van der Waals surface area contributed by atoms with E-state index in [-0.39, 0.29) is 17.0 Å². The van der Waals surface area contributed by atoms with Crippen molar-refractivity contribution in [3.8, 4) is 11.1 Å². The minimum atomic E-state index is -3.89. The number of hydrogen-bond acceptors (Lipinski definition) is 4. The summed E-state index contributed by atoms with van der Waals surface area (Å²) < 4.78 is 32.7. The molecule has 162 valence electrons. The lowest BCUT2D eigenvalue weighted by Gasteiger charge is -2.23. The standard InChI is InChI=1S/C23H21Cl2NO4S/c1-4-26(31(28,29)21-10-5-15(2)22(14-21)23(27)30-3)20-8-6-16(7-9-20)17-11-18(24)13-19(25)12-17/h5-14H,4H2,1-3H3. The van der Waals surface area contributed by atoms with Crippen LogP contribution >= 0.6 is 23.2 Å². The Morgan fingerprint density at radius 3 is 2.10 bits per heavy atom. The highest BCUT2D eigenvalue weighted by molar-refractivity contribution is 7.92. The number of carbonyl (C=O) groups excluding carboxylic acids is 1. The maximum atomic E-state index is 13.3. The molecule has 0 saturated heterocycles. The molecule has 0 aromatic heterocycles. The van der Waals surface area contributed by atoms with E-state index in [9.17, 15) is 13.2 Å². The number of ether oxygens (including phenoxy) is 1. The van der Waals surface area contributed by atoms with Crippen molar-refractivity contribution < 1.29 is 17.9 Å². The van der Waals surface area contributed by atoms with Gasteiger partial charge in [-0.05, 0) is 73.0 Å². The lowest BCUT2D eigenvalue weighted by molar-refractivity contribution is 0.0599. The third-order valence-corrected chi connectivity index (χ3v) is 7.18. The molecule has 0 unspecified atom stereocenters. The molecule has 0 spiro atoms. The number of anilines is 1. The molecule has 0 aliphatic carbocycles. The predicted octanol–water partition coefficient (Wildman–Crippen LogP) is 5.97. The summed E-state index contributed by atoms with van der Waals surface area (Å²) in [6.45, 7) is 3.69. The Morgan fingerprint density at radius 2 is 1.55 bits per heavy atom. The van der Waals surface area contributed by atoms with Gasteiger partial charge in [-0.3, -0.25) is 4.31 Å². The van der Waals surface area contributed by atoms with Gasteiger partial charge in [-0.15, -0.1) is 0 Å². The fourth-order valence-electron chi connectivity index (χ4n) is 3.25. The van der Waals surface area contributed by atoms with E-state index in [1.54, 1.807) is 50.2 Å². The summed E-state index contributed by atoms with van der Waals surface area (Å²) in [5.41, 5.74) is 3.03. The molecule has 31 heavy (non-hydrogen) atoms. The zero-order valence-corrected chi connectivity index (χ0v) is 19.6. The second-order valence-corrected chi connectivity index (χ2v) is 9.58. The van der Waals surface area contributed by atoms with Crippen LogP contribution < -0.4 is 4.31 Å². The third kappa shape index (κ3) is 4.87. The number of hydrogen-bond donors (Lipinski definition) is 0. The van der Waals surface area contributed by atoms with E-state index in [1.807, 2.05) is 12.1 Å². The molecule has 0 saturated carbocycles. The van der Waals surface area contributed by atoms with Gasteiger partial charge < -0.3 is 4.74 Å². The van der Waals surface area contributed by atoms with Crippen molar-refractivity contribution in [1.29, 1.82) is 0 Å². The van der Waals surface area contributed by atoms with Gasteiger partial charge in [-0.1, -0.05) is 41.4 Å². The van der Waals surface area contributed by atoms with E-state index < -0.39 is 16.0 Å². The molecule has 0 amide bonds. The van der Waals surface area contributed by atoms with Gasteiger partial charge >= 0.3 is 5.97 Å². The molecule has 3 rings (SSSR count). The van der Waals surface area contributed by atoms with Gasteiger partial charge in [0.15, 0.2) is 0 Å². The number of carbonyl (C=O) groups is 1. The molecule has 8 heteroatoms. The zero-order chi connectivity index (χ0) is 22.8. The first-order valence-corrected chi connectivity index (χ1v) is 11.6. The molecular weight excluding hydrogens is 457 g/mol. The van der Waals surface area contributed by atoms with E-state index >= 15 is 0 Å². The number of benzene rings is 3. The highest BCUT2D eigenvalue weighted by Crippen LogP contribution is 2.30. The summed E-state index contributed by atoms with van der Waals surface area (Å²) in [5, 5.41) is 1.04. The van der Waals surface area contributed by atoms with Crippen LogP contribution in [0.5, 0.6) is 0 Å². The molecule has 0 aliphatic heterocycles. The highest BCUT2D eigenvalue weighted by atomic mass is 35.5. The van der Waals surface area contributed by atoms with Gasteiger partial charge in [0.25, 0.3) is 10.0 Å². The number of sulfonamides is 1. The Labute approximate surface area is 192 Å². The maximum Gasteiger partial charge on any atom is 0.338 e. The third-order valence-electron chi connectivity index (χ3n) is 4.84. The van der Waals surface area contributed by atoms with E-state index in [1.165, 1.54) is 23.5 Å². The largest absolute Gasteiger partial charge is 0.465 e. The van der Waals surface area contributed by atoms with Crippen LogP contribution in [0.25, 0.3) is 11.1 Å². The van der Waals surface area contributed by atoms with Gasteiger partial charge in [-0.25, -0.2) is 13.2 Å². The van der Waals surface area contributed by atoms with Gasteiger partial charge in [0.05, 0.1) is 23.3 Å². The first kappa shape index (κ1) is 23.1. The topological polar surface area (TPSA) is 63.7 Å². The molecule has 3 aromatic carbocycles. The Balaban J connectivity index is 1.98. The average molecular weight is 478 g/mol. The van der Waals surface area contributed by atoms with Gasteiger partial charge in [0.1, 0.15) is 0 Å². The SMILES string of the molecule is CCN(c1ccc(-c2cc(Cl)cc(Cl)c2)cc1)S(=O)(=O)c1ccc(C)c(C(=O)OC)c1. The maximum absolute atomic E-state index is 13.3. The van der Waals surface area contributed by atoms with Crippen LogP contribution in [0.15, 0.2) is 65.6 Å². The number of halogens is 2. The van der Waals surface area contributed by atoms with Crippen molar-refractivity contribution in [1.82, 2.24) is 0 Å². The fraction of sp³-hybridized carbons (Fsp3) is 0.174. The highest BCUT2D eigenvalue weighted by Gasteiger charge is 2.25. The molecule has 0 atom stereocenters. The molecule has 3 aromatic rings. The first-order valence-electron chi connectivity index (χ1n) is 9.45. The molecule has 0 bridgehead atoms. The quantitative estimate of drug-likeness (QED) is 0.410. The van der Waals surface area contributed by atoms with Crippen molar-refractivity contribution in [2.45, 2.75) is 18.7 Å². The van der Waals surface area contributed by atoms with Crippen molar-refractivity contribution in [3.63, 3.8) is 0 Å². The lowest BCUT2D eigenvalue weighted by Crippen LogP contribution is -2.31. The summed E-state index contributed by atoms with van der Waals surface area (Å²) in [4.78, 5) is 12.0. The minimum Gasteiger partial charge on any atom is -0.465 e. The Kier molecular flexibility index (Phi) is 6.94. The lowest BCUT2D eigenvalue weighted by atomic mass is 10.1. The van der Waals surface area contributed by atoms with Crippen LogP contribution in [0.2, 0.25) is 10.0 Å². The molecule has 0 fully saturated rings. The Hall–Kier alpha value is -2.54. The van der Waals surface area contributed by atoms with Crippen LogP contribution in [0.4, 0.5) is 5.69 Å². The number of esters is 1. The summed E-state index contributed by atoms with van der Waals surface area (Å²) in [7, 11) is -2.63. The zero-order valence-electron chi connectivity index (χ0n) is 17.2. The summed E-state index contributed by atoms with van der Waals surface area (Å²) in [6.07, 6.45) is 0. The molecule has 0 radical (unpaired) electrons. The normalized spacial score (nSPS) is 11.3. The second-order valence-electron chi connectivity index (χ2n) is 6.84. The Morgan fingerprint density at radius 1 is 0.935 bits per heavy atom. The van der Waals surface area contributed by atoms with Crippen LogP contribution in [0.1, 0.15) is 22.8 Å². The molecule has 0 aliphatic rings. The number of aryl methyl sites for hydroxylation is 1. The molecular formula is C23H21Cl2NO4S. The summed E-state index contributed by atoms with van der Waals surface area (Å²) >= 11 is 12.2. The summed E-state index contributed by atoms with van der Waals surface area (Å²) in [5.74, 6) is -0.581. The smallest absolute Gasteiger partial charge is 0.338 e. The van der Waals surface area contributed by atoms with Crippen molar-refractivity contribution >= 4 is 44.9 Å². The van der Waals surface area contributed by atoms with E-state index in [0.29, 0.717) is 21.3 Å². The molecule has 5 nitrogen and oxygen atoms in total. The Bertz CT molecular complexity index is 1200. The van der Waals surface area contributed by atoms with Gasteiger partial charge in [-0.2, -0.15) is 0 Å². The van der Waals surface area contributed by atoms with E-state index in [0.717, 1.165) is 11.1 Å². The number of nitrogens with zero attached hydrogens (tertiary/aromatic N) is 1. The van der Waals surface area contributed by atoms with Gasteiger partial charge in [0, 0.05) is 16.6 Å². The van der Waals surface area contributed by atoms with E-state index in [4.69, 9.17) is 27.9 Å². The monoisotopic (exact) mass is 477 g/mol. The second kappa shape index (κ2) is 9.30. The number of rotatable bonds is 6. The van der Waals surface area contributed by atoms with Crippen LogP contribution in [0.3, 0.4) is 0 Å². The average Bonchev–Trinajstić information content (AvgIpc) is 2.73. The van der Waals surface area contributed by atoms with Crippen LogP contribution in [-0.2, 0) is 14.8 Å². The van der Waals surface area contributed by atoms with Crippen molar-refractivity contribution in [2.24, 2.45) is 0 Å². The molecule has 0 heterocycles. The fourth-order valence-corrected chi connectivity index (χ4v) is 5.28. The minimum absolute atomic E-state index is 0.0195. The molecule has 0 N–H and O–H groups in total. The number of methoxy groups -OCH3 is 1. The van der Waals surface area contributed by atoms with Crippen LogP contribution in [-0.4, -0.2) is 28.0 Å². The van der Waals surface area contributed by atoms with E-state index in [2.05, 4.69) is 0 Å². The van der Waals surface area contributed by atoms with Crippen molar-refractivity contribution in [2.75, 3.05) is 18.0 Å². The first-order chi connectivity index (χ1) is 14.7. The van der Waals surface area contributed by atoms with Gasteiger partial charge in [0.2, 0.25) is 0 Å².